The van der Waals surface area contributed by atoms with Gasteiger partial charge >= 0.3 is 0 Å². The minimum Gasteiger partial charge on any atom is -0.309 e. The summed E-state index contributed by atoms with van der Waals surface area (Å²) in [7, 11) is 0. The maximum atomic E-state index is 2.48. The third kappa shape index (κ3) is 3.92. The number of anilines is 3. The van der Waals surface area contributed by atoms with Crippen LogP contribution in [0.4, 0.5) is 17.1 Å². The Morgan fingerprint density at radius 2 is 1.07 bits per heavy atom. The predicted molar refractivity (Wildman–Crippen MR) is 192 cm³/mol. The lowest BCUT2D eigenvalue weighted by Gasteiger charge is -2.29. The number of hydrogen-bond acceptors (Lipinski definition) is 2. The number of fused-ring (bicyclic) bond motifs is 8. The van der Waals surface area contributed by atoms with Gasteiger partial charge in [-0.15, -0.1) is 11.3 Å². The van der Waals surface area contributed by atoms with Gasteiger partial charge in [0, 0.05) is 36.8 Å². The zero-order chi connectivity index (χ0) is 29.0. The molecule has 1 aromatic heterocycles. The summed E-state index contributed by atoms with van der Waals surface area (Å²) in [5.41, 5.74) is 5.88. The zero-order valence-electron chi connectivity index (χ0n) is 23.9. The molecule has 0 aliphatic carbocycles. The van der Waals surface area contributed by atoms with Crippen molar-refractivity contribution in [3.05, 3.63) is 164 Å². The van der Waals surface area contributed by atoms with Gasteiger partial charge in [0.15, 0.2) is 0 Å². The number of nitrogens with zero attached hydrogens (tertiary/aromatic N) is 1. The maximum absolute atomic E-state index is 2.48. The molecule has 0 N–H and O–H groups in total. The normalized spacial score (nSPS) is 11.6. The fraction of sp³-hybridized carbons (Fsp3) is 0. The molecule has 44 heavy (non-hydrogen) atoms. The van der Waals surface area contributed by atoms with E-state index in [9.17, 15) is 0 Å². The molecular weight excluding hydrogens is 551 g/mol. The van der Waals surface area contributed by atoms with E-state index in [1.54, 1.807) is 0 Å². The summed E-state index contributed by atoms with van der Waals surface area (Å²) >= 11 is 1.86. The Hall–Kier alpha value is -5.44. The van der Waals surface area contributed by atoms with Crippen LogP contribution < -0.4 is 4.90 Å². The number of benzene rings is 8. The molecule has 2 heteroatoms. The average Bonchev–Trinajstić information content (AvgIpc) is 3.47. The number of rotatable bonds is 4. The molecule has 0 unspecified atom stereocenters. The Morgan fingerprint density at radius 3 is 2.00 bits per heavy atom. The molecule has 0 saturated carbocycles. The highest BCUT2D eigenvalue weighted by atomic mass is 32.1. The molecule has 9 rings (SSSR count). The van der Waals surface area contributed by atoms with Crippen molar-refractivity contribution in [2.45, 2.75) is 0 Å². The smallest absolute Gasteiger partial charge is 0.0546 e. The average molecular weight is 578 g/mol. The van der Waals surface area contributed by atoms with Crippen molar-refractivity contribution in [1.82, 2.24) is 0 Å². The van der Waals surface area contributed by atoms with E-state index in [1.165, 1.54) is 69.3 Å². The first-order chi connectivity index (χ1) is 21.8. The second-order valence-electron chi connectivity index (χ2n) is 11.3. The highest BCUT2D eigenvalue weighted by Crippen LogP contribution is 2.47. The standard InChI is InChI=1S/C42H27NS/c1-2-11-28(12-3-1)33-16-6-8-18-38(33)43(31-23-26-41-37(27-31)35-17-7-9-20-40(35)44-41)39-19-10-14-30-22-24-34-32-15-5-4-13-29(32)21-25-36(34)42(30)39/h1-27H. The van der Waals surface area contributed by atoms with Gasteiger partial charge in [-0.05, 0) is 68.9 Å². The van der Waals surface area contributed by atoms with Crippen LogP contribution in [-0.2, 0) is 0 Å². The first-order valence-corrected chi connectivity index (χ1v) is 15.8. The zero-order valence-corrected chi connectivity index (χ0v) is 24.8. The van der Waals surface area contributed by atoms with Crippen molar-refractivity contribution in [2.24, 2.45) is 0 Å². The van der Waals surface area contributed by atoms with Crippen LogP contribution in [0.3, 0.4) is 0 Å². The molecular formula is C42H27NS. The first kappa shape index (κ1) is 25.1. The Bertz CT molecular complexity index is 2510. The highest BCUT2D eigenvalue weighted by molar-refractivity contribution is 7.25. The molecule has 1 heterocycles. The van der Waals surface area contributed by atoms with Crippen LogP contribution in [0, 0.1) is 0 Å². The van der Waals surface area contributed by atoms with Crippen molar-refractivity contribution in [1.29, 1.82) is 0 Å². The van der Waals surface area contributed by atoms with Crippen molar-refractivity contribution in [3.63, 3.8) is 0 Å². The molecule has 9 aromatic rings. The van der Waals surface area contributed by atoms with Crippen molar-refractivity contribution < 1.29 is 0 Å². The molecule has 206 valence electrons. The second-order valence-corrected chi connectivity index (χ2v) is 12.4. The Balaban J connectivity index is 1.40. The van der Waals surface area contributed by atoms with Gasteiger partial charge in [0.05, 0.1) is 11.4 Å². The summed E-state index contributed by atoms with van der Waals surface area (Å²) in [5, 5.41) is 10.2. The molecule has 0 amide bonds. The van der Waals surface area contributed by atoms with Crippen molar-refractivity contribution in [3.8, 4) is 11.1 Å². The van der Waals surface area contributed by atoms with Crippen LogP contribution in [0.15, 0.2) is 164 Å². The fourth-order valence-corrected chi connectivity index (χ4v) is 7.92. The minimum atomic E-state index is 1.15. The van der Waals surface area contributed by atoms with Crippen LogP contribution >= 0.6 is 11.3 Å². The van der Waals surface area contributed by atoms with Gasteiger partial charge in [-0.3, -0.25) is 0 Å². The van der Waals surface area contributed by atoms with Gasteiger partial charge in [0.2, 0.25) is 0 Å². The lowest BCUT2D eigenvalue weighted by Crippen LogP contribution is -2.12. The van der Waals surface area contributed by atoms with Crippen LogP contribution in [-0.4, -0.2) is 0 Å². The van der Waals surface area contributed by atoms with E-state index >= 15 is 0 Å². The second kappa shape index (κ2) is 10.1. The fourth-order valence-electron chi connectivity index (χ4n) is 6.83. The van der Waals surface area contributed by atoms with E-state index < -0.39 is 0 Å². The third-order valence-corrected chi connectivity index (χ3v) is 9.99. The SMILES string of the molecule is c1ccc(-c2ccccc2N(c2ccc3sc4ccccc4c3c2)c2cccc3ccc4c5ccccc5ccc4c23)cc1. The van der Waals surface area contributed by atoms with E-state index in [2.05, 4.69) is 169 Å². The van der Waals surface area contributed by atoms with Gasteiger partial charge in [0.25, 0.3) is 0 Å². The van der Waals surface area contributed by atoms with E-state index in [-0.39, 0.29) is 0 Å². The minimum absolute atomic E-state index is 1.15. The molecule has 0 atom stereocenters. The molecule has 0 aliphatic rings. The molecule has 0 radical (unpaired) electrons. The maximum Gasteiger partial charge on any atom is 0.0546 e. The predicted octanol–water partition coefficient (Wildman–Crippen LogP) is 12.7. The molecule has 0 aliphatic heterocycles. The third-order valence-electron chi connectivity index (χ3n) is 8.83. The quantitative estimate of drug-likeness (QED) is 0.188. The lowest BCUT2D eigenvalue weighted by atomic mass is 9.95. The Labute approximate surface area is 259 Å². The summed E-state index contributed by atoms with van der Waals surface area (Å²) in [5.74, 6) is 0. The number of para-hydroxylation sites is 1. The molecule has 0 spiro atoms. The molecule has 0 fully saturated rings. The topological polar surface area (TPSA) is 3.24 Å². The molecule has 8 aromatic carbocycles. The van der Waals surface area contributed by atoms with Crippen LogP contribution in [0.1, 0.15) is 0 Å². The Kier molecular flexibility index (Phi) is 5.75. The van der Waals surface area contributed by atoms with E-state index in [0.29, 0.717) is 0 Å². The first-order valence-electron chi connectivity index (χ1n) is 15.0. The van der Waals surface area contributed by atoms with E-state index in [4.69, 9.17) is 0 Å². The van der Waals surface area contributed by atoms with Gasteiger partial charge in [-0.1, -0.05) is 127 Å². The van der Waals surface area contributed by atoms with E-state index in [1.807, 2.05) is 11.3 Å². The Morgan fingerprint density at radius 1 is 0.386 bits per heavy atom. The van der Waals surface area contributed by atoms with Gasteiger partial charge in [-0.2, -0.15) is 0 Å². The molecule has 1 nitrogen and oxygen atoms in total. The highest BCUT2D eigenvalue weighted by Gasteiger charge is 2.21. The molecule has 0 bridgehead atoms. The van der Waals surface area contributed by atoms with Crippen molar-refractivity contribution >= 4 is 80.9 Å². The van der Waals surface area contributed by atoms with Gasteiger partial charge < -0.3 is 4.90 Å². The van der Waals surface area contributed by atoms with Crippen molar-refractivity contribution in [2.75, 3.05) is 4.90 Å². The summed E-state index contributed by atoms with van der Waals surface area (Å²) < 4.78 is 2.63. The largest absolute Gasteiger partial charge is 0.309 e. The van der Waals surface area contributed by atoms with Crippen LogP contribution in [0.5, 0.6) is 0 Å². The summed E-state index contributed by atoms with van der Waals surface area (Å²) in [4.78, 5) is 2.48. The summed E-state index contributed by atoms with van der Waals surface area (Å²) in [6.45, 7) is 0. The lowest BCUT2D eigenvalue weighted by molar-refractivity contribution is 1.31. The van der Waals surface area contributed by atoms with Gasteiger partial charge in [-0.25, -0.2) is 0 Å². The van der Waals surface area contributed by atoms with E-state index in [0.717, 1.165) is 11.4 Å². The summed E-state index contributed by atoms with van der Waals surface area (Å²) in [6, 6.07) is 59.8. The number of hydrogen-bond donors (Lipinski definition) is 0. The van der Waals surface area contributed by atoms with Crippen LogP contribution in [0.25, 0.3) is 63.6 Å². The van der Waals surface area contributed by atoms with Crippen LogP contribution in [0.2, 0.25) is 0 Å². The number of thiophene rings is 1. The monoisotopic (exact) mass is 577 g/mol. The van der Waals surface area contributed by atoms with Gasteiger partial charge in [0.1, 0.15) is 0 Å². The summed E-state index contributed by atoms with van der Waals surface area (Å²) in [6.07, 6.45) is 0. The molecule has 0 saturated heterocycles.